The molecule has 1 N–H and O–H groups in total. The van der Waals surface area contributed by atoms with E-state index in [0.717, 1.165) is 48.1 Å². The Kier molecular flexibility index (Phi) is 15.5. The van der Waals surface area contributed by atoms with Crippen LogP contribution >= 0.6 is 0 Å². The predicted octanol–water partition coefficient (Wildman–Crippen LogP) is 8.81. The zero-order valence-electron chi connectivity index (χ0n) is 27.4. The van der Waals surface area contributed by atoms with E-state index in [9.17, 15) is 9.90 Å². The number of benzene rings is 1. The number of esters is 1. The van der Waals surface area contributed by atoms with Crippen molar-refractivity contribution in [1.29, 1.82) is 0 Å². The van der Waals surface area contributed by atoms with Crippen LogP contribution in [0.15, 0.2) is 43.1 Å². The fraction of sp³-hybridized carbons (Fsp3) is 0.676. The van der Waals surface area contributed by atoms with Gasteiger partial charge in [-0.1, -0.05) is 77.2 Å². The lowest BCUT2D eigenvalue weighted by Crippen LogP contribution is -2.54. The van der Waals surface area contributed by atoms with Gasteiger partial charge in [-0.15, -0.1) is 6.58 Å². The standard InChI is InChI=1S/C20H24N2O2.C17H34O2/c1-3-13-12-22-9-7-14(13)10-19(22)20(23)16-6-8-21-18-5-4-15(24-2)11-17(16)18;1-4-5-6-7-8-9-10-11-12-13-14-15-17(18)19-16(2)3/h3-6,8,11,13-14,19-20,23H,1,7,9-10,12H2,2H3;16H,4-15H2,1-3H3/t13-,14-,19-,20+;/m0./s1. The first-order chi connectivity index (χ1) is 20.9. The summed E-state index contributed by atoms with van der Waals surface area (Å²) in [4.78, 5) is 18.2. The van der Waals surface area contributed by atoms with Crippen molar-refractivity contribution in [1.82, 2.24) is 9.88 Å². The van der Waals surface area contributed by atoms with Crippen molar-refractivity contribution in [3.8, 4) is 5.75 Å². The van der Waals surface area contributed by atoms with Gasteiger partial charge in [0.25, 0.3) is 0 Å². The lowest BCUT2D eigenvalue weighted by atomic mass is 9.73. The monoisotopic (exact) mass is 594 g/mol. The van der Waals surface area contributed by atoms with E-state index in [1.807, 2.05) is 38.1 Å². The van der Waals surface area contributed by atoms with Gasteiger partial charge in [0.05, 0.1) is 24.8 Å². The SMILES string of the molecule is C=C[C@H]1C[N@]2CC[C@H]1C[C@H]2[C@H](O)c1ccnc2ccc(OC)cc12.CCCCCCCCCCCCCC(=O)OC(C)C. The molecule has 0 aliphatic carbocycles. The van der Waals surface area contributed by atoms with Gasteiger partial charge in [0.2, 0.25) is 0 Å². The highest BCUT2D eigenvalue weighted by molar-refractivity contribution is 5.84. The fourth-order valence-corrected chi connectivity index (χ4v) is 6.70. The summed E-state index contributed by atoms with van der Waals surface area (Å²) in [7, 11) is 1.66. The molecule has 1 aromatic heterocycles. The van der Waals surface area contributed by atoms with Crippen LogP contribution in [0.3, 0.4) is 0 Å². The number of nitrogens with zero attached hydrogens (tertiary/aromatic N) is 2. The molecule has 2 bridgehead atoms. The van der Waals surface area contributed by atoms with Gasteiger partial charge in [-0.3, -0.25) is 14.7 Å². The summed E-state index contributed by atoms with van der Waals surface area (Å²) in [5.41, 5.74) is 1.85. The van der Waals surface area contributed by atoms with Gasteiger partial charge in [0, 0.05) is 30.6 Å². The van der Waals surface area contributed by atoms with Crippen molar-refractivity contribution < 1.29 is 19.4 Å². The lowest BCUT2D eigenvalue weighted by Gasteiger charge is -2.50. The van der Waals surface area contributed by atoms with E-state index in [1.54, 1.807) is 13.3 Å². The molecule has 240 valence electrons. The van der Waals surface area contributed by atoms with Crippen LogP contribution in [0.5, 0.6) is 5.75 Å². The van der Waals surface area contributed by atoms with E-state index < -0.39 is 6.10 Å². The first kappa shape index (κ1) is 35.0. The minimum absolute atomic E-state index is 0.0280. The second kappa shape index (κ2) is 19.1. The summed E-state index contributed by atoms with van der Waals surface area (Å²) >= 11 is 0. The molecule has 3 aliphatic heterocycles. The van der Waals surface area contributed by atoms with Crippen molar-refractivity contribution in [2.45, 2.75) is 129 Å². The Balaban J connectivity index is 0.000000244. The number of pyridine rings is 1. The summed E-state index contributed by atoms with van der Waals surface area (Å²) in [5, 5.41) is 12.1. The zero-order chi connectivity index (χ0) is 31.0. The number of rotatable bonds is 17. The number of fused-ring (bicyclic) bond motifs is 4. The first-order valence-electron chi connectivity index (χ1n) is 17.0. The number of aliphatic hydroxyl groups excluding tert-OH is 1. The number of ether oxygens (including phenoxy) is 2. The average molecular weight is 595 g/mol. The van der Waals surface area contributed by atoms with E-state index >= 15 is 0 Å². The van der Waals surface area contributed by atoms with Gasteiger partial charge in [0.15, 0.2) is 0 Å². The van der Waals surface area contributed by atoms with Crippen LogP contribution < -0.4 is 4.74 Å². The van der Waals surface area contributed by atoms with E-state index in [-0.39, 0.29) is 18.1 Å². The molecule has 3 aliphatic rings. The van der Waals surface area contributed by atoms with Gasteiger partial charge < -0.3 is 14.6 Å². The quantitative estimate of drug-likeness (QED) is 0.112. The van der Waals surface area contributed by atoms with Gasteiger partial charge in [0.1, 0.15) is 5.75 Å². The minimum atomic E-state index is -0.504. The molecule has 4 heterocycles. The van der Waals surface area contributed by atoms with Crippen molar-refractivity contribution in [3.05, 3.63) is 48.7 Å². The van der Waals surface area contributed by atoms with Crippen molar-refractivity contribution in [2.75, 3.05) is 20.2 Å². The molecule has 0 amide bonds. The smallest absolute Gasteiger partial charge is 0.306 e. The van der Waals surface area contributed by atoms with Gasteiger partial charge in [-0.25, -0.2) is 0 Å². The lowest BCUT2D eigenvalue weighted by molar-refractivity contribution is -0.147. The van der Waals surface area contributed by atoms with Gasteiger partial charge in [-0.05, 0) is 81.3 Å². The maximum atomic E-state index is 11.3. The number of unbranched alkanes of at least 4 members (excludes halogenated alkanes) is 10. The molecule has 5 rings (SSSR count). The summed E-state index contributed by atoms with van der Waals surface area (Å²) in [6.07, 6.45) is 20.7. The molecule has 3 fully saturated rings. The Labute approximate surface area is 261 Å². The minimum Gasteiger partial charge on any atom is -0.497 e. The average Bonchev–Trinajstić information content (AvgIpc) is 3.02. The van der Waals surface area contributed by atoms with Crippen molar-refractivity contribution in [2.24, 2.45) is 11.8 Å². The van der Waals surface area contributed by atoms with Crippen molar-refractivity contribution in [3.63, 3.8) is 0 Å². The van der Waals surface area contributed by atoms with E-state index in [4.69, 9.17) is 9.47 Å². The highest BCUT2D eigenvalue weighted by Crippen LogP contribution is 2.42. The molecule has 6 nitrogen and oxygen atoms in total. The van der Waals surface area contributed by atoms with Crippen LogP contribution in [0.25, 0.3) is 10.9 Å². The number of aliphatic hydroxyl groups is 1. The molecule has 0 unspecified atom stereocenters. The van der Waals surface area contributed by atoms with Gasteiger partial charge >= 0.3 is 5.97 Å². The number of hydrogen-bond acceptors (Lipinski definition) is 6. The molecule has 6 heteroatoms. The molecular weight excluding hydrogens is 536 g/mol. The number of methoxy groups -OCH3 is 1. The zero-order valence-corrected chi connectivity index (χ0v) is 27.4. The summed E-state index contributed by atoms with van der Waals surface area (Å²) in [6, 6.07) is 7.96. The predicted molar refractivity (Wildman–Crippen MR) is 177 cm³/mol. The molecule has 2 aromatic rings. The van der Waals surface area contributed by atoms with Crippen LogP contribution in [-0.2, 0) is 9.53 Å². The van der Waals surface area contributed by atoms with E-state index in [1.165, 1.54) is 70.6 Å². The van der Waals surface area contributed by atoms with E-state index in [2.05, 4.69) is 29.5 Å². The third-order valence-electron chi connectivity index (χ3n) is 9.17. The molecule has 0 saturated carbocycles. The second-order valence-electron chi connectivity index (χ2n) is 12.8. The summed E-state index contributed by atoms with van der Waals surface area (Å²) < 4.78 is 10.5. The topological polar surface area (TPSA) is 71.9 Å². The highest BCUT2D eigenvalue weighted by Gasteiger charge is 2.42. The number of carbonyl (C=O) groups is 1. The number of piperidine rings is 3. The molecule has 0 radical (unpaired) electrons. The second-order valence-corrected chi connectivity index (χ2v) is 12.8. The third kappa shape index (κ3) is 11.2. The number of hydrogen-bond donors (Lipinski definition) is 1. The molecular formula is C37H58N2O4. The molecule has 5 atom stereocenters. The molecule has 1 aromatic carbocycles. The largest absolute Gasteiger partial charge is 0.497 e. The van der Waals surface area contributed by atoms with Gasteiger partial charge in [-0.2, -0.15) is 0 Å². The molecule has 43 heavy (non-hydrogen) atoms. The Bertz CT molecular complexity index is 1100. The third-order valence-corrected chi connectivity index (χ3v) is 9.17. The number of aromatic nitrogens is 1. The molecule has 3 saturated heterocycles. The van der Waals surface area contributed by atoms with Crippen LogP contribution in [0.4, 0.5) is 0 Å². The first-order valence-corrected chi connectivity index (χ1v) is 17.0. The fourth-order valence-electron chi connectivity index (χ4n) is 6.70. The van der Waals surface area contributed by atoms with Crippen LogP contribution in [-0.4, -0.2) is 53.3 Å². The number of carbonyl (C=O) groups excluding carboxylic acids is 1. The Morgan fingerprint density at radius 2 is 1.74 bits per heavy atom. The normalized spacial score (nSPS) is 21.7. The highest BCUT2D eigenvalue weighted by atomic mass is 16.5. The summed E-state index contributed by atoms with van der Waals surface area (Å²) in [5.74, 6) is 1.97. The van der Waals surface area contributed by atoms with Crippen molar-refractivity contribution >= 4 is 16.9 Å². The Morgan fingerprint density at radius 1 is 1.07 bits per heavy atom. The van der Waals surface area contributed by atoms with Crippen LogP contribution in [0.2, 0.25) is 0 Å². The summed E-state index contributed by atoms with van der Waals surface area (Å²) in [6.45, 7) is 12.1. The Morgan fingerprint density at radius 3 is 2.33 bits per heavy atom. The maximum Gasteiger partial charge on any atom is 0.306 e. The van der Waals surface area contributed by atoms with Crippen LogP contribution in [0, 0.1) is 11.8 Å². The van der Waals surface area contributed by atoms with Crippen LogP contribution in [0.1, 0.15) is 122 Å². The Hall–Kier alpha value is -2.44. The maximum absolute atomic E-state index is 11.3. The van der Waals surface area contributed by atoms with E-state index in [0.29, 0.717) is 18.3 Å². The molecule has 0 spiro atoms.